The van der Waals surface area contributed by atoms with Gasteiger partial charge in [-0.15, -0.1) is 0 Å². The molecule has 214 valence electrons. The molecule has 0 saturated carbocycles. The Morgan fingerprint density at radius 3 is 2.58 bits per heavy atom. The van der Waals surface area contributed by atoms with Crippen molar-refractivity contribution in [1.29, 1.82) is 0 Å². The summed E-state index contributed by atoms with van der Waals surface area (Å²) in [6.45, 7) is 9.07. The molecule has 1 N–H and O–H groups in total. The minimum atomic E-state index is -3.64. The van der Waals surface area contributed by atoms with Crippen molar-refractivity contribution in [3.63, 3.8) is 0 Å². The summed E-state index contributed by atoms with van der Waals surface area (Å²) in [6, 6.07) is 18.3. The number of carbonyl (C=O) groups is 1. The fourth-order valence-electron chi connectivity index (χ4n) is 4.31. The monoisotopic (exact) mass is 567 g/mol. The van der Waals surface area contributed by atoms with Gasteiger partial charge in [0.25, 0.3) is 0 Å². The first-order chi connectivity index (χ1) is 19.0. The molecule has 4 rings (SSSR count). The van der Waals surface area contributed by atoms with Gasteiger partial charge in [-0.05, 0) is 69.5 Å². The lowest BCUT2D eigenvalue weighted by molar-refractivity contribution is 0.0522. The van der Waals surface area contributed by atoms with E-state index in [1.807, 2.05) is 37.3 Å². The van der Waals surface area contributed by atoms with Crippen LogP contribution in [0.15, 0.2) is 71.8 Å². The summed E-state index contributed by atoms with van der Waals surface area (Å²) >= 11 is 0. The zero-order chi connectivity index (χ0) is 28.8. The molecule has 1 fully saturated rings. The molecule has 1 atom stereocenters. The highest BCUT2D eigenvalue weighted by Crippen LogP contribution is 2.28. The Hall–Kier alpha value is -3.63. The molecule has 1 aliphatic rings. The highest BCUT2D eigenvalue weighted by atomic mass is 32.2. The summed E-state index contributed by atoms with van der Waals surface area (Å²) in [4.78, 5) is 16.4. The van der Waals surface area contributed by atoms with Gasteiger partial charge in [0.15, 0.2) is 0 Å². The molecule has 0 spiro atoms. The van der Waals surface area contributed by atoms with E-state index in [2.05, 4.69) is 10.3 Å². The smallest absolute Gasteiger partial charge is 0.407 e. The minimum absolute atomic E-state index is 0.0563. The summed E-state index contributed by atoms with van der Waals surface area (Å²) in [5.74, 6) is 1.33. The average Bonchev–Trinajstić information content (AvgIpc) is 3.40. The molecule has 2 heterocycles. The van der Waals surface area contributed by atoms with Gasteiger partial charge in [0.2, 0.25) is 10.0 Å². The zero-order valence-corrected chi connectivity index (χ0v) is 24.2. The molecule has 1 amide bonds. The predicted molar refractivity (Wildman–Crippen MR) is 152 cm³/mol. The number of aryl methyl sites for hydroxylation is 1. The number of ether oxygens (including phenoxy) is 3. The van der Waals surface area contributed by atoms with Crippen LogP contribution in [0.4, 0.5) is 4.79 Å². The van der Waals surface area contributed by atoms with E-state index in [0.29, 0.717) is 49.9 Å². The number of benzene rings is 2. The minimum Gasteiger partial charge on any atom is -0.493 e. The van der Waals surface area contributed by atoms with Crippen LogP contribution in [0.2, 0.25) is 0 Å². The SMILES string of the molecule is Cc1cc(S(=O)(=O)N2CC[C@H](COc3ccnc(CNC(=O)OC(C)(C)C)c3)C2)ccc1OCc1ccccc1. The standard InChI is InChI=1S/C30H37N3O6S/c1-22-16-27(10-11-28(22)38-20-23-8-6-5-7-9-23)40(35,36)33-15-13-24(19-33)21-37-26-12-14-31-25(17-26)18-32-29(34)39-30(2,3)4/h5-12,14,16-17,24H,13,15,18-21H2,1-4H3,(H,32,34)/t24-/m0/s1. The van der Waals surface area contributed by atoms with Gasteiger partial charge in [0, 0.05) is 31.3 Å². The van der Waals surface area contributed by atoms with E-state index < -0.39 is 21.7 Å². The zero-order valence-electron chi connectivity index (χ0n) is 23.4. The lowest BCUT2D eigenvalue weighted by Crippen LogP contribution is -2.32. The van der Waals surface area contributed by atoms with Gasteiger partial charge in [-0.1, -0.05) is 30.3 Å². The van der Waals surface area contributed by atoms with Crippen LogP contribution in [0.3, 0.4) is 0 Å². The number of amides is 1. The van der Waals surface area contributed by atoms with Crippen molar-refractivity contribution >= 4 is 16.1 Å². The Morgan fingerprint density at radius 2 is 1.85 bits per heavy atom. The van der Waals surface area contributed by atoms with Gasteiger partial charge < -0.3 is 19.5 Å². The topological polar surface area (TPSA) is 107 Å². The van der Waals surface area contributed by atoms with E-state index in [1.54, 1.807) is 57.3 Å². The third-order valence-corrected chi connectivity index (χ3v) is 8.22. The lowest BCUT2D eigenvalue weighted by atomic mass is 10.1. The van der Waals surface area contributed by atoms with Gasteiger partial charge in [-0.25, -0.2) is 13.2 Å². The second-order valence-corrected chi connectivity index (χ2v) is 12.8. The number of aromatic nitrogens is 1. The molecule has 10 heteroatoms. The van der Waals surface area contributed by atoms with E-state index in [0.717, 1.165) is 11.1 Å². The summed E-state index contributed by atoms with van der Waals surface area (Å²) in [7, 11) is -3.64. The van der Waals surface area contributed by atoms with Crippen molar-refractivity contribution in [2.75, 3.05) is 19.7 Å². The number of hydrogen-bond acceptors (Lipinski definition) is 7. The van der Waals surface area contributed by atoms with Crippen molar-refractivity contribution in [3.8, 4) is 11.5 Å². The Morgan fingerprint density at radius 1 is 1.07 bits per heavy atom. The van der Waals surface area contributed by atoms with Crippen molar-refractivity contribution < 1.29 is 27.4 Å². The molecule has 1 aliphatic heterocycles. The van der Waals surface area contributed by atoms with Gasteiger partial charge in [-0.3, -0.25) is 4.98 Å². The molecule has 2 aromatic carbocycles. The second-order valence-electron chi connectivity index (χ2n) is 10.9. The fourth-order valence-corrected chi connectivity index (χ4v) is 5.93. The fraction of sp³-hybridized carbons (Fsp3) is 0.400. The quantitative estimate of drug-likeness (QED) is 0.364. The van der Waals surface area contributed by atoms with E-state index in [9.17, 15) is 13.2 Å². The van der Waals surface area contributed by atoms with Crippen LogP contribution >= 0.6 is 0 Å². The molecule has 0 aliphatic carbocycles. The van der Waals surface area contributed by atoms with E-state index in [1.165, 1.54) is 4.31 Å². The van der Waals surface area contributed by atoms with E-state index >= 15 is 0 Å². The summed E-state index contributed by atoms with van der Waals surface area (Å²) in [5.41, 5.74) is 1.87. The molecule has 1 aromatic heterocycles. The molecule has 0 unspecified atom stereocenters. The first-order valence-electron chi connectivity index (χ1n) is 13.3. The number of alkyl carbamates (subject to hydrolysis) is 1. The Balaban J connectivity index is 1.28. The lowest BCUT2D eigenvalue weighted by Gasteiger charge is -2.19. The Bertz CT molecular complexity index is 1410. The third kappa shape index (κ3) is 8.19. The number of sulfonamides is 1. The second kappa shape index (κ2) is 12.7. The van der Waals surface area contributed by atoms with Gasteiger partial charge >= 0.3 is 6.09 Å². The largest absolute Gasteiger partial charge is 0.493 e. The number of hydrogen-bond donors (Lipinski definition) is 1. The van der Waals surface area contributed by atoms with Crippen LogP contribution in [0, 0.1) is 12.8 Å². The Kier molecular flexibility index (Phi) is 9.32. The number of nitrogens with zero attached hydrogens (tertiary/aromatic N) is 2. The molecule has 3 aromatic rings. The molecule has 9 nitrogen and oxygen atoms in total. The molecule has 40 heavy (non-hydrogen) atoms. The number of pyridine rings is 1. The van der Waals surface area contributed by atoms with Gasteiger partial charge in [0.1, 0.15) is 23.7 Å². The summed E-state index contributed by atoms with van der Waals surface area (Å²) in [6.07, 6.45) is 1.80. The van der Waals surface area contributed by atoms with Crippen molar-refractivity contribution in [2.24, 2.45) is 5.92 Å². The van der Waals surface area contributed by atoms with Crippen LogP contribution in [-0.2, 0) is 27.9 Å². The highest BCUT2D eigenvalue weighted by molar-refractivity contribution is 7.89. The molecular formula is C30H37N3O6S. The number of nitrogens with one attached hydrogen (secondary N) is 1. The normalized spacial score (nSPS) is 15.9. The molecule has 0 radical (unpaired) electrons. The van der Waals surface area contributed by atoms with Crippen LogP contribution in [-0.4, -0.2) is 49.1 Å². The maximum absolute atomic E-state index is 13.3. The summed E-state index contributed by atoms with van der Waals surface area (Å²) < 4.78 is 45.3. The average molecular weight is 568 g/mol. The number of carbonyl (C=O) groups excluding carboxylic acids is 1. The first kappa shape index (κ1) is 29.4. The van der Waals surface area contributed by atoms with Gasteiger partial charge in [0.05, 0.1) is 23.7 Å². The molecular weight excluding hydrogens is 530 g/mol. The van der Waals surface area contributed by atoms with E-state index in [4.69, 9.17) is 14.2 Å². The molecule has 1 saturated heterocycles. The van der Waals surface area contributed by atoms with E-state index in [-0.39, 0.29) is 17.4 Å². The van der Waals surface area contributed by atoms with Crippen LogP contribution < -0.4 is 14.8 Å². The number of rotatable bonds is 10. The van der Waals surface area contributed by atoms with Crippen molar-refractivity contribution in [3.05, 3.63) is 83.7 Å². The van der Waals surface area contributed by atoms with Crippen LogP contribution in [0.5, 0.6) is 11.5 Å². The van der Waals surface area contributed by atoms with Crippen molar-refractivity contribution in [1.82, 2.24) is 14.6 Å². The maximum Gasteiger partial charge on any atom is 0.407 e. The first-order valence-corrected chi connectivity index (χ1v) is 14.8. The highest BCUT2D eigenvalue weighted by Gasteiger charge is 2.33. The molecule has 0 bridgehead atoms. The van der Waals surface area contributed by atoms with Crippen molar-refractivity contribution in [2.45, 2.75) is 57.8 Å². The van der Waals surface area contributed by atoms with Gasteiger partial charge in [-0.2, -0.15) is 4.31 Å². The van der Waals surface area contributed by atoms with Crippen LogP contribution in [0.25, 0.3) is 0 Å². The summed E-state index contributed by atoms with van der Waals surface area (Å²) in [5, 5.41) is 2.68. The third-order valence-electron chi connectivity index (χ3n) is 6.36. The Labute approximate surface area is 236 Å². The van der Waals surface area contributed by atoms with Crippen LogP contribution in [0.1, 0.15) is 44.0 Å². The predicted octanol–water partition coefficient (Wildman–Crippen LogP) is 5.08. The maximum atomic E-state index is 13.3.